The van der Waals surface area contributed by atoms with Crippen molar-refractivity contribution in [3.05, 3.63) is 34.5 Å². The summed E-state index contributed by atoms with van der Waals surface area (Å²) in [6.45, 7) is 5.19. The monoisotopic (exact) mass is 415 g/mol. The molecule has 5 rings (SSSR count). The first-order valence-electron chi connectivity index (χ1n) is 10.8. The lowest BCUT2D eigenvalue weighted by Gasteiger charge is -2.26. The van der Waals surface area contributed by atoms with Crippen LogP contribution in [0.4, 0.5) is 0 Å². The van der Waals surface area contributed by atoms with Crippen LogP contribution in [0.25, 0.3) is 0 Å². The number of hydrogen-bond donors (Lipinski definition) is 1. The highest BCUT2D eigenvalue weighted by Crippen LogP contribution is 2.52. The van der Waals surface area contributed by atoms with Gasteiger partial charge in [0.15, 0.2) is 0 Å². The van der Waals surface area contributed by atoms with Crippen molar-refractivity contribution in [1.82, 2.24) is 15.1 Å². The summed E-state index contributed by atoms with van der Waals surface area (Å²) in [5.41, 5.74) is -0.616. The molecule has 3 saturated heterocycles. The summed E-state index contributed by atoms with van der Waals surface area (Å²) in [6.07, 6.45) is 8.60. The minimum Gasteiger partial charge on any atom is -0.360 e. The van der Waals surface area contributed by atoms with Crippen LogP contribution in [0.15, 0.2) is 29.7 Å². The number of thiophene rings is 1. The molecular weight excluding hydrogens is 386 g/mol. The number of piperidine rings is 1. The molecule has 1 N–H and O–H groups in total. The van der Waals surface area contributed by atoms with Gasteiger partial charge in [0, 0.05) is 11.4 Å². The van der Waals surface area contributed by atoms with Gasteiger partial charge in [0.05, 0.1) is 31.0 Å². The van der Waals surface area contributed by atoms with Crippen molar-refractivity contribution in [3.8, 4) is 0 Å². The number of likely N-dealkylation sites (tertiary alicyclic amines) is 2. The molecule has 0 aliphatic carbocycles. The first kappa shape index (κ1) is 19.3. The lowest BCUT2D eigenvalue weighted by atomic mass is 9.77. The molecular formula is C22H29N3O3S. The fourth-order valence-electron chi connectivity index (χ4n) is 5.42. The summed E-state index contributed by atoms with van der Waals surface area (Å²) < 4.78 is 6.20. The lowest BCUT2D eigenvalue weighted by Crippen LogP contribution is -2.44. The molecule has 29 heavy (non-hydrogen) atoms. The normalized spacial score (nSPS) is 33.4. The van der Waals surface area contributed by atoms with Crippen LogP contribution in [0.1, 0.15) is 30.6 Å². The van der Waals surface area contributed by atoms with E-state index in [0.717, 1.165) is 17.8 Å². The van der Waals surface area contributed by atoms with Gasteiger partial charge in [-0.15, -0.1) is 11.3 Å². The second kappa shape index (κ2) is 7.85. The number of carbonyl (C=O) groups is 2. The third-order valence-corrected chi connectivity index (χ3v) is 7.67. The Morgan fingerprint density at radius 3 is 2.97 bits per heavy atom. The van der Waals surface area contributed by atoms with Crippen LogP contribution in [0.2, 0.25) is 0 Å². The Hall–Kier alpha value is -1.70. The maximum Gasteiger partial charge on any atom is 0.230 e. The van der Waals surface area contributed by atoms with Crippen molar-refractivity contribution >= 4 is 23.2 Å². The van der Waals surface area contributed by atoms with E-state index in [2.05, 4.69) is 10.2 Å². The van der Waals surface area contributed by atoms with Crippen LogP contribution in [0.3, 0.4) is 0 Å². The van der Waals surface area contributed by atoms with Crippen molar-refractivity contribution in [3.63, 3.8) is 0 Å². The van der Waals surface area contributed by atoms with Crippen LogP contribution >= 0.6 is 11.3 Å². The van der Waals surface area contributed by atoms with Crippen LogP contribution in [0.5, 0.6) is 0 Å². The summed E-state index contributed by atoms with van der Waals surface area (Å²) in [5, 5.41) is 5.12. The van der Waals surface area contributed by atoms with Gasteiger partial charge in [-0.2, -0.15) is 0 Å². The van der Waals surface area contributed by atoms with E-state index >= 15 is 0 Å². The molecule has 0 radical (unpaired) electrons. The zero-order valence-corrected chi connectivity index (χ0v) is 17.5. The molecule has 1 aromatic rings. The molecule has 2 amide bonds. The zero-order valence-electron chi connectivity index (χ0n) is 16.7. The Labute approximate surface area is 175 Å². The molecule has 7 heteroatoms. The van der Waals surface area contributed by atoms with Crippen LogP contribution < -0.4 is 5.32 Å². The van der Waals surface area contributed by atoms with E-state index in [1.807, 2.05) is 34.6 Å². The molecule has 0 saturated carbocycles. The molecule has 4 aliphatic rings. The Bertz CT molecular complexity index is 789. The smallest absolute Gasteiger partial charge is 0.230 e. The van der Waals surface area contributed by atoms with Crippen LogP contribution in [-0.4, -0.2) is 66.0 Å². The third-order valence-electron chi connectivity index (χ3n) is 6.81. The number of ether oxygens (including phenoxy) is 1. The van der Waals surface area contributed by atoms with Crippen molar-refractivity contribution < 1.29 is 14.3 Å². The Morgan fingerprint density at radius 2 is 2.17 bits per heavy atom. The zero-order chi connectivity index (χ0) is 19.8. The summed E-state index contributed by atoms with van der Waals surface area (Å²) in [7, 11) is 0. The Morgan fingerprint density at radius 1 is 1.31 bits per heavy atom. The van der Waals surface area contributed by atoms with Gasteiger partial charge >= 0.3 is 0 Å². The second-order valence-corrected chi connectivity index (χ2v) is 9.75. The molecule has 6 nitrogen and oxygen atoms in total. The molecule has 156 valence electrons. The number of fused-ring (bicyclic) bond motifs is 1. The maximum atomic E-state index is 13.2. The van der Waals surface area contributed by atoms with Gasteiger partial charge < -0.3 is 19.9 Å². The second-order valence-electron chi connectivity index (χ2n) is 8.72. The molecule has 4 atom stereocenters. The van der Waals surface area contributed by atoms with Gasteiger partial charge in [0.1, 0.15) is 5.60 Å². The predicted molar refractivity (Wildman–Crippen MR) is 111 cm³/mol. The summed E-state index contributed by atoms with van der Waals surface area (Å²) in [6, 6.07) is 4.05. The molecule has 0 unspecified atom stereocenters. The first-order valence-corrected chi connectivity index (χ1v) is 11.7. The van der Waals surface area contributed by atoms with E-state index in [4.69, 9.17) is 4.74 Å². The molecule has 1 spiro atoms. The minimum atomic E-state index is -0.616. The van der Waals surface area contributed by atoms with E-state index in [1.165, 1.54) is 32.4 Å². The Kier molecular flexibility index (Phi) is 5.22. The number of rotatable bonds is 7. The van der Waals surface area contributed by atoms with Crippen molar-refractivity contribution in [1.29, 1.82) is 0 Å². The topological polar surface area (TPSA) is 61.9 Å². The number of carbonyl (C=O) groups excluding carboxylic acids is 2. The highest BCUT2D eigenvalue weighted by Gasteiger charge is 2.66. The summed E-state index contributed by atoms with van der Waals surface area (Å²) >= 11 is 1.65. The predicted octanol–water partition coefficient (Wildman–Crippen LogP) is 2.02. The lowest BCUT2D eigenvalue weighted by molar-refractivity contribution is -0.137. The fraction of sp³-hybridized carbons (Fsp3) is 0.636. The minimum absolute atomic E-state index is 0.0313. The van der Waals surface area contributed by atoms with E-state index in [-0.39, 0.29) is 23.8 Å². The van der Waals surface area contributed by atoms with Gasteiger partial charge in [-0.1, -0.05) is 24.6 Å². The number of nitrogens with one attached hydrogen (secondary N) is 1. The van der Waals surface area contributed by atoms with E-state index < -0.39 is 11.5 Å². The molecule has 0 aromatic carbocycles. The van der Waals surface area contributed by atoms with Gasteiger partial charge in [-0.05, 0) is 50.3 Å². The number of amides is 2. The van der Waals surface area contributed by atoms with Gasteiger partial charge in [0.25, 0.3) is 0 Å². The summed E-state index contributed by atoms with van der Waals surface area (Å²) in [4.78, 5) is 31.7. The maximum absolute atomic E-state index is 13.2. The number of hydrogen-bond acceptors (Lipinski definition) is 5. The van der Waals surface area contributed by atoms with Gasteiger partial charge in [0.2, 0.25) is 11.8 Å². The number of nitrogens with zero attached hydrogens (tertiary/aromatic N) is 2. The third kappa shape index (κ3) is 3.53. The largest absolute Gasteiger partial charge is 0.360 e. The highest BCUT2D eigenvalue weighted by molar-refractivity contribution is 7.09. The Balaban J connectivity index is 1.19. The average Bonchev–Trinajstić information content (AvgIpc) is 3.49. The van der Waals surface area contributed by atoms with Gasteiger partial charge in [-0.3, -0.25) is 9.59 Å². The molecule has 2 bridgehead atoms. The first-order chi connectivity index (χ1) is 14.2. The summed E-state index contributed by atoms with van der Waals surface area (Å²) in [5.74, 6) is -0.773. The van der Waals surface area contributed by atoms with E-state index in [0.29, 0.717) is 19.6 Å². The van der Waals surface area contributed by atoms with Crippen molar-refractivity contribution in [2.24, 2.45) is 11.8 Å². The molecule has 1 aromatic heterocycles. The quantitative estimate of drug-likeness (QED) is 0.547. The standard InChI is InChI=1S/C22H29N3O3S/c26-20(23-9-5-12-24-10-2-1-3-11-24)18-17-7-8-22(28-17)15-25(21(27)19(18)22)14-16-6-4-13-29-16/h4,6-8,13,17-19H,1-3,5,9-12,14-15H2,(H,23,26)/t17-,18-,19-,22+/m1/s1. The highest BCUT2D eigenvalue weighted by atomic mass is 32.1. The van der Waals surface area contributed by atoms with Crippen molar-refractivity contribution in [2.45, 2.75) is 43.9 Å². The van der Waals surface area contributed by atoms with Crippen LogP contribution in [0, 0.1) is 11.8 Å². The SMILES string of the molecule is O=C(NCCCN1CCCCC1)[C@@H]1[C@H]2C=C[C@@]3(CN(Cc4cccs4)C(=O)[C@@H]13)O2. The van der Waals surface area contributed by atoms with E-state index in [9.17, 15) is 9.59 Å². The van der Waals surface area contributed by atoms with Crippen molar-refractivity contribution in [2.75, 3.05) is 32.7 Å². The average molecular weight is 416 g/mol. The fourth-order valence-corrected chi connectivity index (χ4v) is 6.14. The van der Waals surface area contributed by atoms with E-state index in [1.54, 1.807) is 11.3 Å². The van der Waals surface area contributed by atoms with Crippen LogP contribution in [-0.2, 0) is 20.9 Å². The molecule has 5 heterocycles. The molecule has 4 aliphatic heterocycles. The van der Waals surface area contributed by atoms with Gasteiger partial charge in [-0.25, -0.2) is 0 Å². The molecule has 3 fully saturated rings.